The molecule has 0 amide bonds. The second-order valence-electron chi connectivity index (χ2n) is 5.11. The summed E-state index contributed by atoms with van der Waals surface area (Å²) >= 11 is 0. The molecule has 2 atom stereocenters. The molecule has 0 spiro atoms. The fraction of sp³-hybridized carbons (Fsp3) is 0.625. The minimum atomic E-state index is 0.293. The van der Waals surface area contributed by atoms with Crippen molar-refractivity contribution in [1.29, 1.82) is 0 Å². The number of rotatable bonds is 6. The molecule has 2 unspecified atom stereocenters. The molecule has 1 fully saturated rings. The van der Waals surface area contributed by atoms with Crippen LogP contribution in [0.5, 0.6) is 11.5 Å². The monoisotopic (exact) mass is 279 g/mol. The molecule has 0 radical (unpaired) electrons. The van der Waals surface area contributed by atoms with Gasteiger partial charge in [0.2, 0.25) is 0 Å². The van der Waals surface area contributed by atoms with Crippen molar-refractivity contribution >= 4 is 5.69 Å². The Labute approximate surface area is 121 Å². The van der Waals surface area contributed by atoms with Crippen molar-refractivity contribution < 1.29 is 14.2 Å². The molecule has 0 aliphatic heterocycles. The van der Waals surface area contributed by atoms with E-state index in [2.05, 4.69) is 5.32 Å². The lowest BCUT2D eigenvalue weighted by molar-refractivity contribution is 0.0606. The number of nitrogens with one attached hydrogen (secondary N) is 1. The zero-order chi connectivity index (χ0) is 14.4. The number of benzene rings is 1. The van der Waals surface area contributed by atoms with E-state index in [1.54, 1.807) is 14.2 Å². The molecule has 20 heavy (non-hydrogen) atoms. The minimum absolute atomic E-state index is 0.293. The Kier molecular flexibility index (Phi) is 5.53. The van der Waals surface area contributed by atoms with Crippen LogP contribution in [-0.4, -0.2) is 33.0 Å². The molecule has 4 heteroatoms. The van der Waals surface area contributed by atoms with Crippen molar-refractivity contribution in [3.8, 4) is 11.5 Å². The third-order valence-corrected chi connectivity index (χ3v) is 3.82. The van der Waals surface area contributed by atoms with Gasteiger partial charge in [0.25, 0.3) is 0 Å². The van der Waals surface area contributed by atoms with E-state index in [4.69, 9.17) is 14.2 Å². The van der Waals surface area contributed by atoms with Crippen LogP contribution < -0.4 is 14.8 Å². The van der Waals surface area contributed by atoms with Crippen molar-refractivity contribution in [3.63, 3.8) is 0 Å². The van der Waals surface area contributed by atoms with Gasteiger partial charge in [-0.1, -0.05) is 12.8 Å². The number of ether oxygens (including phenoxy) is 3. The van der Waals surface area contributed by atoms with Crippen LogP contribution in [0.1, 0.15) is 32.6 Å². The third-order valence-electron chi connectivity index (χ3n) is 3.82. The van der Waals surface area contributed by atoms with Gasteiger partial charge in [-0.15, -0.1) is 0 Å². The number of hydrogen-bond acceptors (Lipinski definition) is 4. The first-order valence-corrected chi connectivity index (χ1v) is 7.38. The maximum atomic E-state index is 5.61. The van der Waals surface area contributed by atoms with Crippen molar-refractivity contribution in [2.75, 3.05) is 26.1 Å². The van der Waals surface area contributed by atoms with Crippen LogP contribution in [0.3, 0.4) is 0 Å². The molecular formula is C16H25NO3. The fourth-order valence-electron chi connectivity index (χ4n) is 2.79. The Morgan fingerprint density at radius 3 is 2.65 bits per heavy atom. The molecule has 1 aromatic rings. The van der Waals surface area contributed by atoms with Gasteiger partial charge in [-0.05, 0) is 31.9 Å². The molecule has 0 heterocycles. The molecule has 1 aliphatic carbocycles. The van der Waals surface area contributed by atoms with Gasteiger partial charge in [-0.25, -0.2) is 0 Å². The summed E-state index contributed by atoms with van der Waals surface area (Å²) in [6, 6.07) is 6.35. The van der Waals surface area contributed by atoms with Gasteiger partial charge in [-0.2, -0.15) is 0 Å². The van der Waals surface area contributed by atoms with E-state index in [1.807, 2.05) is 25.1 Å². The third kappa shape index (κ3) is 3.57. The van der Waals surface area contributed by atoms with Gasteiger partial charge in [0, 0.05) is 18.9 Å². The van der Waals surface area contributed by atoms with Crippen LogP contribution in [0.15, 0.2) is 18.2 Å². The summed E-state index contributed by atoms with van der Waals surface area (Å²) in [6.45, 7) is 2.60. The average molecular weight is 279 g/mol. The van der Waals surface area contributed by atoms with Crippen molar-refractivity contribution in [3.05, 3.63) is 18.2 Å². The Hall–Kier alpha value is -1.42. The molecule has 1 aliphatic rings. The van der Waals surface area contributed by atoms with E-state index in [-0.39, 0.29) is 0 Å². The maximum absolute atomic E-state index is 5.61. The second-order valence-corrected chi connectivity index (χ2v) is 5.11. The van der Waals surface area contributed by atoms with Gasteiger partial charge < -0.3 is 19.5 Å². The topological polar surface area (TPSA) is 39.7 Å². The predicted molar refractivity (Wildman–Crippen MR) is 80.8 cm³/mol. The van der Waals surface area contributed by atoms with Crippen LogP contribution in [0.2, 0.25) is 0 Å². The number of methoxy groups -OCH3 is 2. The van der Waals surface area contributed by atoms with E-state index in [1.165, 1.54) is 12.8 Å². The average Bonchev–Trinajstić information content (AvgIpc) is 2.48. The van der Waals surface area contributed by atoms with E-state index >= 15 is 0 Å². The van der Waals surface area contributed by atoms with E-state index in [0.717, 1.165) is 30.0 Å². The largest absolute Gasteiger partial charge is 0.493 e. The normalized spacial score (nSPS) is 22.4. The quantitative estimate of drug-likeness (QED) is 0.865. The SMILES string of the molecule is CCOc1cc(NC2CCCCC2OC)ccc1OC. The van der Waals surface area contributed by atoms with Gasteiger partial charge in [-0.3, -0.25) is 0 Å². The number of hydrogen-bond donors (Lipinski definition) is 1. The molecule has 1 aromatic carbocycles. The van der Waals surface area contributed by atoms with Gasteiger partial charge in [0.1, 0.15) is 0 Å². The van der Waals surface area contributed by atoms with Crippen LogP contribution >= 0.6 is 0 Å². The zero-order valence-electron chi connectivity index (χ0n) is 12.6. The van der Waals surface area contributed by atoms with Crippen LogP contribution in [0.25, 0.3) is 0 Å². The Balaban J connectivity index is 2.10. The molecule has 1 N–H and O–H groups in total. The number of anilines is 1. The lowest BCUT2D eigenvalue weighted by Gasteiger charge is -2.32. The first kappa shape index (κ1) is 15.0. The molecule has 2 rings (SSSR count). The summed E-state index contributed by atoms with van der Waals surface area (Å²) in [4.78, 5) is 0. The second kappa shape index (κ2) is 7.39. The summed E-state index contributed by atoms with van der Waals surface area (Å²) in [6.07, 6.45) is 5.08. The van der Waals surface area contributed by atoms with Crippen LogP contribution in [0.4, 0.5) is 5.69 Å². The van der Waals surface area contributed by atoms with Gasteiger partial charge >= 0.3 is 0 Å². The van der Waals surface area contributed by atoms with E-state index in [9.17, 15) is 0 Å². The molecule has 0 saturated heterocycles. The summed E-state index contributed by atoms with van der Waals surface area (Å²) < 4.78 is 16.5. The maximum Gasteiger partial charge on any atom is 0.163 e. The summed E-state index contributed by atoms with van der Waals surface area (Å²) in [5.41, 5.74) is 1.06. The van der Waals surface area contributed by atoms with E-state index < -0.39 is 0 Å². The molecule has 1 saturated carbocycles. The summed E-state index contributed by atoms with van der Waals surface area (Å²) in [5.74, 6) is 1.55. The standard InChI is InChI=1S/C16H25NO3/c1-4-20-16-11-12(9-10-15(16)19-3)17-13-7-5-6-8-14(13)18-2/h9-11,13-14,17H,4-8H2,1-3H3. The van der Waals surface area contributed by atoms with Crippen LogP contribution in [-0.2, 0) is 4.74 Å². The molecule has 4 nitrogen and oxygen atoms in total. The smallest absolute Gasteiger partial charge is 0.163 e. The Bertz CT molecular complexity index is 422. The van der Waals surface area contributed by atoms with Gasteiger partial charge in [0.15, 0.2) is 11.5 Å². The Morgan fingerprint density at radius 1 is 1.15 bits per heavy atom. The minimum Gasteiger partial charge on any atom is -0.493 e. The highest BCUT2D eigenvalue weighted by molar-refractivity contribution is 5.55. The lowest BCUT2D eigenvalue weighted by Crippen LogP contribution is -2.37. The summed E-state index contributed by atoms with van der Waals surface area (Å²) in [7, 11) is 3.46. The fourth-order valence-corrected chi connectivity index (χ4v) is 2.79. The molecule has 0 aromatic heterocycles. The highest BCUT2D eigenvalue weighted by atomic mass is 16.5. The summed E-state index contributed by atoms with van der Waals surface area (Å²) in [5, 5.41) is 3.57. The lowest BCUT2D eigenvalue weighted by atomic mass is 9.92. The van der Waals surface area contributed by atoms with Crippen molar-refractivity contribution in [2.45, 2.75) is 44.8 Å². The van der Waals surface area contributed by atoms with Crippen molar-refractivity contribution in [2.24, 2.45) is 0 Å². The first-order valence-electron chi connectivity index (χ1n) is 7.38. The highest BCUT2D eigenvalue weighted by Gasteiger charge is 2.24. The molecular weight excluding hydrogens is 254 g/mol. The Morgan fingerprint density at radius 2 is 1.95 bits per heavy atom. The van der Waals surface area contributed by atoms with Crippen LogP contribution in [0, 0.1) is 0 Å². The van der Waals surface area contributed by atoms with Gasteiger partial charge in [0.05, 0.1) is 25.9 Å². The van der Waals surface area contributed by atoms with Crippen molar-refractivity contribution in [1.82, 2.24) is 0 Å². The molecule has 112 valence electrons. The molecule has 0 bridgehead atoms. The zero-order valence-corrected chi connectivity index (χ0v) is 12.6. The first-order chi connectivity index (χ1) is 9.78. The van der Waals surface area contributed by atoms with E-state index in [0.29, 0.717) is 18.8 Å². The predicted octanol–water partition coefficient (Wildman–Crippen LogP) is 3.46. The highest BCUT2D eigenvalue weighted by Crippen LogP contribution is 2.32.